The molecule has 0 radical (unpaired) electrons. The zero-order chi connectivity index (χ0) is 27.7. The molecule has 3 aromatic carbocycles. The number of tetrazole rings is 1. The fourth-order valence-corrected chi connectivity index (χ4v) is 5.17. The Balaban J connectivity index is 1.50. The van der Waals surface area contributed by atoms with E-state index in [1.54, 1.807) is 23.9 Å². The summed E-state index contributed by atoms with van der Waals surface area (Å²) in [5, 5.41) is 19.1. The molecule has 5 rings (SSSR count). The van der Waals surface area contributed by atoms with Gasteiger partial charge >= 0.3 is 0 Å². The molecule has 1 aliphatic heterocycles. The van der Waals surface area contributed by atoms with Gasteiger partial charge in [-0.2, -0.15) is 4.68 Å². The third-order valence-corrected chi connectivity index (χ3v) is 7.53. The lowest BCUT2D eigenvalue weighted by atomic mass is 9.94. The normalized spacial score (nSPS) is 14.5. The highest BCUT2D eigenvalue weighted by atomic mass is 79.9. The minimum Gasteiger partial charge on any atom is -0.493 e. The van der Waals surface area contributed by atoms with Crippen LogP contribution in [-0.4, -0.2) is 33.2 Å². The topological polar surface area (TPSA) is 103 Å². The van der Waals surface area contributed by atoms with Crippen molar-refractivity contribution < 1.29 is 14.3 Å². The van der Waals surface area contributed by atoms with Crippen molar-refractivity contribution in [3.05, 3.63) is 97.1 Å². The quantitative estimate of drug-likeness (QED) is 0.238. The number of aromatic nitrogens is 4. The third-order valence-electron chi connectivity index (χ3n) is 6.20. The Morgan fingerprint density at radius 3 is 2.59 bits per heavy atom. The van der Waals surface area contributed by atoms with Crippen LogP contribution in [0.1, 0.15) is 29.7 Å². The van der Waals surface area contributed by atoms with Gasteiger partial charge in [-0.15, -0.1) is 0 Å². The van der Waals surface area contributed by atoms with Gasteiger partial charge in [0.05, 0.1) is 27.2 Å². The van der Waals surface area contributed by atoms with Crippen molar-refractivity contribution in [2.75, 3.05) is 17.7 Å². The number of halogens is 3. The molecular weight excluding hydrogens is 607 g/mol. The molecule has 2 N–H and O–H groups in total. The lowest BCUT2D eigenvalue weighted by Crippen LogP contribution is -2.31. The molecule has 0 saturated carbocycles. The molecule has 0 saturated heterocycles. The fourth-order valence-electron chi connectivity index (χ4n) is 4.27. The van der Waals surface area contributed by atoms with E-state index in [4.69, 9.17) is 32.7 Å². The smallest absolute Gasteiger partial charge is 0.255 e. The van der Waals surface area contributed by atoms with Gasteiger partial charge in [0, 0.05) is 11.4 Å². The second kappa shape index (κ2) is 11.3. The Hall–Kier alpha value is -3.60. The van der Waals surface area contributed by atoms with Crippen molar-refractivity contribution in [3.63, 3.8) is 0 Å². The molecule has 9 nitrogen and oxygen atoms in total. The van der Waals surface area contributed by atoms with E-state index in [1.807, 2.05) is 56.3 Å². The summed E-state index contributed by atoms with van der Waals surface area (Å²) in [5.41, 5.74) is 4.40. The molecule has 200 valence electrons. The lowest BCUT2D eigenvalue weighted by Gasteiger charge is -2.28. The van der Waals surface area contributed by atoms with Crippen molar-refractivity contribution in [2.24, 2.45) is 0 Å². The highest BCUT2D eigenvalue weighted by molar-refractivity contribution is 9.10. The molecule has 0 bridgehead atoms. The summed E-state index contributed by atoms with van der Waals surface area (Å²) in [6, 6.07) is 15.9. The van der Waals surface area contributed by atoms with Crippen molar-refractivity contribution in [1.29, 1.82) is 0 Å². The average molecular weight is 630 g/mol. The van der Waals surface area contributed by atoms with E-state index in [-0.39, 0.29) is 12.5 Å². The summed E-state index contributed by atoms with van der Waals surface area (Å²) in [5.74, 6) is 1.08. The van der Waals surface area contributed by atoms with E-state index >= 15 is 0 Å². The van der Waals surface area contributed by atoms with Crippen LogP contribution in [-0.2, 0) is 11.4 Å². The van der Waals surface area contributed by atoms with E-state index in [1.165, 1.54) is 0 Å². The molecule has 0 spiro atoms. The van der Waals surface area contributed by atoms with Gasteiger partial charge in [-0.05, 0) is 87.7 Å². The molecule has 0 aliphatic carbocycles. The zero-order valence-corrected chi connectivity index (χ0v) is 24.2. The SMILES string of the molecule is COc1cc(C2C(C(=O)Nc3ccc(C)cc3)=C(C)Nc3nnnn32)cc(Br)c1OCc1ccc(Cl)c(Cl)c1. The Bertz CT molecular complexity index is 1590. The number of hydrogen-bond donors (Lipinski definition) is 2. The predicted octanol–water partition coefficient (Wildman–Crippen LogP) is 6.57. The molecule has 4 aromatic rings. The summed E-state index contributed by atoms with van der Waals surface area (Å²) in [4.78, 5) is 13.6. The van der Waals surface area contributed by atoms with Crippen LogP contribution in [0.25, 0.3) is 0 Å². The number of aryl methyl sites for hydroxylation is 1. The predicted molar refractivity (Wildman–Crippen MR) is 154 cm³/mol. The Labute approximate surface area is 243 Å². The van der Waals surface area contributed by atoms with Gasteiger partial charge in [0.15, 0.2) is 11.5 Å². The maximum Gasteiger partial charge on any atom is 0.255 e. The maximum absolute atomic E-state index is 13.6. The number of nitrogens with zero attached hydrogens (tertiary/aromatic N) is 4. The second-order valence-corrected chi connectivity index (χ2v) is 10.6. The summed E-state index contributed by atoms with van der Waals surface area (Å²) in [6.45, 7) is 4.04. The number of hydrogen-bond acceptors (Lipinski definition) is 7. The van der Waals surface area contributed by atoms with E-state index in [0.717, 1.165) is 11.1 Å². The largest absolute Gasteiger partial charge is 0.493 e. The Morgan fingerprint density at radius 2 is 1.87 bits per heavy atom. The van der Waals surface area contributed by atoms with Gasteiger partial charge < -0.3 is 20.1 Å². The monoisotopic (exact) mass is 628 g/mol. The van der Waals surface area contributed by atoms with Crippen molar-refractivity contribution in [1.82, 2.24) is 20.2 Å². The highest BCUT2D eigenvalue weighted by Crippen LogP contribution is 2.43. The van der Waals surface area contributed by atoms with E-state index < -0.39 is 6.04 Å². The number of nitrogens with one attached hydrogen (secondary N) is 2. The van der Waals surface area contributed by atoms with Crippen LogP contribution in [0, 0.1) is 6.92 Å². The molecule has 1 amide bonds. The van der Waals surface area contributed by atoms with Gasteiger partial charge in [-0.3, -0.25) is 4.79 Å². The van der Waals surface area contributed by atoms with Crippen LogP contribution in [0.3, 0.4) is 0 Å². The van der Waals surface area contributed by atoms with Crippen molar-refractivity contribution in [2.45, 2.75) is 26.5 Å². The van der Waals surface area contributed by atoms with Crippen LogP contribution in [0.4, 0.5) is 11.6 Å². The number of carbonyl (C=O) groups is 1. The summed E-state index contributed by atoms with van der Waals surface area (Å²) >= 11 is 15.8. The minimum atomic E-state index is -0.643. The van der Waals surface area contributed by atoms with Gasteiger partial charge in [0.2, 0.25) is 5.95 Å². The number of fused-ring (bicyclic) bond motifs is 1. The number of benzene rings is 3. The van der Waals surface area contributed by atoms with Crippen LogP contribution in [0.2, 0.25) is 10.0 Å². The first-order chi connectivity index (χ1) is 18.7. The molecule has 0 fully saturated rings. The number of amides is 1. The number of rotatable bonds is 7. The van der Waals surface area contributed by atoms with Gasteiger partial charge in [0.1, 0.15) is 12.6 Å². The zero-order valence-electron chi connectivity index (χ0n) is 21.1. The molecule has 1 unspecified atom stereocenters. The molecular formula is C27H23BrCl2N6O3. The number of methoxy groups -OCH3 is 1. The van der Waals surface area contributed by atoms with E-state index in [0.29, 0.717) is 54.5 Å². The first kappa shape index (κ1) is 27.0. The molecule has 1 aliphatic rings. The van der Waals surface area contributed by atoms with Crippen LogP contribution in [0.5, 0.6) is 11.5 Å². The molecule has 12 heteroatoms. The van der Waals surface area contributed by atoms with Gasteiger partial charge in [-0.1, -0.05) is 52.1 Å². The van der Waals surface area contributed by atoms with Crippen LogP contribution < -0.4 is 20.1 Å². The van der Waals surface area contributed by atoms with Gasteiger partial charge in [0.25, 0.3) is 5.91 Å². The van der Waals surface area contributed by atoms with Gasteiger partial charge in [-0.25, -0.2) is 0 Å². The molecule has 1 atom stereocenters. The van der Waals surface area contributed by atoms with E-state index in [2.05, 4.69) is 42.1 Å². The fraction of sp³-hybridized carbons (Fsp3) is 0.185. The summed E-state index contributed by atoms with van der Waals surface area (Å²) in [6.07, 6.45) is 0. The molecule has 1 aromatic heterocycles. The lowest BCUT2D eigenvalue weighted by molar-refractivity contribution is -0.113. The second-order valence-electron chi connectivity index (χ2n) is 8.90. The van der Waals surface area contributed by atoms with Crippen molar-refractivity contribution in [3.8, 4) is 11.5 Å². The average Bonchev–Trinajstić information content (AvgIpc) is 3.38. The number of ether oxygens (including phenoxy) is 2. The third kappa shape index (κ3) is 5.59. The van der Waals surface area contributed by atoms with Crippen molar-refractivity contribution >= 4 is 56.7 Å². The van der Waals surface area contributed by atoms with Crippen LogP contribution in [0.15, 0.2) is 70.3 Å². The Kier molecular flexibility index (Phi) is 7.79. The summed E-state index contributed by atoms with van der Waals surface area (Å²) < 4.78 is 14.0. The van der Waals surface area contributed by atoms with Crippen LogP contribution >= 0.6 is 39.1 Å². The highest BCUT2D eigenvalue weighted by Gasteiger charge is 2.35. The standard InChI is InChI=1S/C27H23BrCl2N6O3/c1-14-4-7-18(8-5-14)32-26(37)23-15(2)31-27-33-34-35-36(27)24(23)17-11-19(28)25(22(12-17)38-3)39-13-16-6-9-20(29)21(30)10-16/h4-12,24H,13H2,1-3H3,(H,32,37)(H,31,33,35). The van der Waals surface area contributed by atoms with E-state index in [9.17, 15) is 4.79 Å². The number of allylic oxidation sites excluding steroid dienone is 1. The molecule has 2 heterocycles. The first-order valence-corrected chi connectivity index (χ1v) is 13.4. The number of carbonyl (C=O) groups excluding carboxylic acids is 1. The first-order valence-electron chi connectivity index (χ1n) is 11.8. The molecule has 39 heavy (non-hydrogen) atoms. The summed E-state index contributed by atoms with van der Waals surface area (Å²) in [7, 11) is 1.55. The Morgan fingerprint density at radius 1 is 1.10 bits per heavy atom. The minimum absolute atomic E-state index is 0.235. The maximum atomic E-state index is 13.6. The number of anilines is 2.